The normalized spacial score (nSPS) is 13.1. The molecule has 0 radical (unpaired) electrons. The molecule has 19 heavy (non-hydrogen) atoms. The summed E-state index contributed by atoms with van der Waals surface area (Å²) in [5.41, 5.74) is 2.03. The van der Waals surface area contributed by atoms with Crippen LogP contribution in [0.15, 0.2) is 41.1 Å². The Hall–Kier alpha value is -1.75. The highest BCUT2D eigenvalue weighted by atomic mass is 79.9. The van der Waals surface area contributed by atoms with E-state index in [0.717, 1.165) is 27.4 Å². The van der Waals surface area contributed by atoms with Crippen LogP contribution in [0.25, 0.3) is 0 Å². The lowest BCUT2D eigenvalue weighted by molar-refractivity contribution is 0.170. The molecule has 0 spiro atoms. The summed E-state index contributed by atoms with van der Waals surface area (Å²) < 4.78 is 12.0. The molecule has 0 fully saturated rings. The molecule has 2 heterocycles. The third-order valence-electron chi connectivity index (χ3n) is 2.88. The standard InChI is InChI=1S/C14H13BrN2O2/c15-14-11(4-2-6-16-14)17-9-10-3-1-5-12-13(10)19-8-7-18-12/h1-6,17H,7-9H2. The van der Waals surface area contributed by atoms with E-state index in [2.05, 4.69) is 26.2 Å². The van der Waals surface area contributed by atoms with Gasteiger partial charge in [0.25, 0.3) is 0 Å². The van der Waals surface area contributed by atoms with Crippen molar-refractivity contribution in [2.45, 2.75) is 6.54 Å². The van der Waals surface area contributed by atoms with Gasteiger partial charge in [-0.15, -0.1) is 0 Å². The van der Waals surface area contributed by atoms with Crippen LogP contribution in [0.1, 0.15) is 5.56 Å². The second-order valence-electron chi connectivity index (χ2n) is 4.14. The summed E-state index contributed by atoms with van der Waals surface area (Å²) in [6, 6.07) is 9.81. The fourth-order valence-electron chi connectivity index (χ4n) is 1.98. The lowest BCUT2D eigenvalue weighted by Gasteiger charge is -2.21. The fourth-order valence-corrected chi connectivity index (χ4v) is 2.37. The number of aromatic nitrogens is 1. The molecule has 0 saturated heterocycles. The number of anilines is 1. The minimum atomic E-state index is 0.598. The second kappa shape index (κ2) is 5.48. The van der Waals surface area contributed by atoms with Crippen LogP contribution in [0.2, 0.25) is 0 Å². The summed E-state index contributed by atoms with van der Waals surface area (Å²) >= 11 is 3.42. The average molecular weight is 321 g/mol. The molecular weight excluding hydrogens is 308 g/mol. The van der Waals surface area contributed by atoms with Gasteiger partial charge in [-0.1, -0.05) is 12.1 Å². The fraction of sp³-hybridized carbons (Fsp3) is 0.214. The van der Waals surface area contributed by atoms with Crippen molar-refractivity contribution < 1.29 is 9.47 Å². The number of hydrogen-bond donors (Lipinski definition) is 1. The van der Waals surface area contributed by atoms with E-state index in [1.807, 2.05) is 30.3 Å². The number of pyridine rings is 1. The molecule has 1 aliphatic rings. The minimum absolute atomic E-state index is 0.598. The van der Waals surface area contributed by atoms with Crippen LogP contribution < -0.4 is 14.8 Å². The van der Waals surface area contributed by atoms with E-state index >= 15 is 0 Å². The van der Waals surface area contributed by atoms with Gasteiger partial charge in [0.1, 0.15) is 17.8 Å². The Balaban J connectivity index is 1.79. The summed E-state index contributed by atoms with van der Waals surface area (Å²) in [4.78, 5) is 4.18. The first-order valence-electron chi connectivity index (χ1n) is 6.06. The zero-order chi connectivity index (χ0) is 13.1. The van der Waals surface area contributed by atoms with Crippen molar-refractivity contribution in [3.63, 3.8) is 0 Å². The molecule has 1 aliphatic heterocycles. The summed E-state index contributed by atoms with van der Waals surface area (Å²) in [6.45, 7) is 1.87. The summed E-state index contributed by atoms with van der Waals surface area (Å²) in [5, 5.41) is 3.33. The van der Waals surface area contributed by atoms with E-state index in [9.17, 15) is 0 Å². The van der Waals surface area contributed by atoms with Gasteiger partial charge in [0, 0.05) is 18.3 Å². The lowest BCUT2D eigenvalue weighted by Crippen LogP contribution is -2.17. The SMILES string of the molecule is Brc1ncccc1NCc1cccc2c1OCCO2. The molecular formula is C14H13BrN2O2. The Morgan fingerprint density at radius 3 is 2.95 bits per heavy atom. The predicted octanol–water partition coefficient (Wildman–Crippen LogP) is 3.23. The molecule has 0 amide bonds. The molecule has 0 bridgehead atoms. The van der Waals surface area contributed by atoms with Crippen LogP contribution >= 0.6 is 15.9 Å². The van der Waals surface area contributed by atoms with Gasteiger partial charge in [0.15, 0.2) is 11.5 Å². The molecule has 0 atom stereocenters. The van der Waals surface area contributed by atoms with Crippen LogP contribution in [0.3, 0.4) is 0 Å². The molecule has 5 heteroatoms. The number of benzene rings is 1. The molecule has 0 saturated carbocycles. The van der Waals surface area contributed by atoms with Crippen LogP contribution in [-0.4, -0.2) is 18.2 Å². The van der Waals surface area contributed by atoms with E-state index in [4.69, 9.17) is 9.47 Å². The number of fused-ring (bicyclic) bond motifs is 1. The minimum Gasteiger partial charge on any atom is -0.486 e. The molecule has 2 aromatic rings. The van der Waals surface area contributed by atoms with Gasteiger partial charge in [-0.25, -0.2) is 4.98 Å². The molecule has 1 aromatic heterocycles. The molecule has 1 aromatic carbocycles. The highest BCUT2D eigenvalue weighted by Crippen LogP contribution is 2.34. The topological polar surface area (TPSA) is 43.4 Å². The molecule has 1 N–H and O–H groups in total. The van der Waals surface area contributed by atoms with Crippen molar-refractivity contribution in [3.05, 3.63) is 46.7 Å². The van der Waals surface area contributed by atoms with Crippen LogP contribution in [-0.2, 0) is 6.54 Å². The number of nitrogens with one attached hydrogen (secondary N) is 1. The maximum Gasteiger partial charge on any atom is 0.166 e. The Morgan fingerprint density at radius 1 is 1.16 bits per heavy atom. The number of ether oxygens (including phenoxy) is 2. The molecule has 4 nitrogen and oxygen atoms in total. The van der Waals surface area contributed by atoms with Crippen molar-refractivity contribution >= 4 is 21.6 Å². The Morgan fingerprint density at radius 2 is 2.05 bits per heavy atom. The lowest BCUT2D eigenvalue weighted by atomic mass is 10.1. The van der Waals surface area contributed by atoms with Crippen LogP contribution in [0, 0.1) is 0 Å². The number of nitrogens with zero attached hydrogens (tertiary/aromatic N) is 1. The third kappa shape index (κ3) is 2.66. The van der Waals surface area contributed by atoms with Crippen molar-refractivity contribution in [2.24, 2.45) is 0 Å². The van der Waals surface area contributed by atoms with Gasteiger partial charge in [-0.3, -0.25) is 0 Å². The van der Waals surface area contributed by atoms with Crippen molar-refractivity contribution in [1.29, 1.82) is 0 Å². The summed E-state index contributed by atoms with van der Waals surface area (Å²) in [7, 11) is 0. The van der Waals surface area contributed by atoms with Gasteiger partial charge < -0.3 is 14.8 Å². The summed E-state index contributed by atoms with van der Waals surface area (Å²) in [6.07, 6.45) is 1.75. The molecule has 0 aliphatic carbocycles. The van der Waals surface area contributed by atoms with E-state index in [-0.39, 0.29) is 0 Å². The van der Waals surface area contributed by atoms with Gasteiger partial charge in [0.2, 0.25) is 0 Å². The van der Waals surface area contributed by atoms with E-state index in [1.54, 1.807) is 6.20 Å². The highest BCUT2D eigenvalue weighted by molar-refractivity contribution is 9.10. The largest absolute Gasteiger partial charge is 0.486 e. The van der Waals surface area contributed by atoms with Gasteiger partial charge in [-0.2, -0.15) is 0 Å². The molecule has 0 unspecified atom stereocenters. The maximum absolute atomic E-state index is 5.68. The third-order valence-corrected chi connectivity index (χ3v) is 3.51. The number of halogens is 1. The number of rotatable bonds is 3. The van der Waals surface area contributed by atoms with Gasteiger partial charge in [0.05, 0.1) is 5.69 Å². The zero-order valence-corrected chi connectivity index (χ0v) is 11.8. The quantitative estimate of drug-likeness (QED) is 0.882. The average Bonchev–Trinajstić information content (AvgIpc) is 2.46. The Bertz CT molecular complexity index is 589. The Kier molecular flexibility index (Phi) is 3.55. The predicted molar refractivity (Wildman–Crippen MR) is 76.7 cm³/mol. The maximum atomic E-state index is 5.68. The number of hydrogen-bond acceptors (Lipinski definition) is 4. The van der Waals surface area contributed by atoms with Crippen molar-refractivity contribution in [3.8, 4) is 11.5 Å². The monoisotopic (exact) mass is 320 g/mol. The smallest absolute Gasteiger partial charge is 0.166 e. The van der Waals surface area contributed by atoms with E-state index in [1.165, 1.54) is 0 Å². The van der Waals surface area contributed by atoms with Crippen LogP contribution in [0.5, 0.6) is 11.5 Å². The highest BCUT2D eigenvalue weighted by Gasteiger charge is 2.15. The molecule has 3 rings (SSSR count). The molecule has 98 valence electrons. The zero-order valence-electron chi connectivity index (χ0n) is 10.2. The van der Waals surface area contributed by atoms with Crippen molar-refractivity contribution in [2.75, 3.05) is 18.5 Å². The first-order valence-corrected chi connectivity index (χ1v) is 6.86. The number of para-hydroxylation sites is 1. The first kappa shape index (κ1) is 12.3. The first-order chi connectivity index (χ1) is 9.34. The van der Waals surface area contributed by atoms with Crippen LogP contribution in [0.4, 0.5) is 5.69 Å². The summed E-state index contributed by atoms with van der Waals surface area (Å²) in [5.74, 6) is 1.65. The Labute approximate surface area is 119 Å². The van der Waals surface area contributed by atoms with Gasteiger partial charge in [-0.05, 0) is 34.1 Å². The second-order valence-corrected chi connectivity index (χ2v) is 4.89. The van der Waals surface area contributed by atoms with Gasteiger partial charge >= 0.3 is 0 Å². The van der Waals surface area contributed by atoms with E-state index in [0.29, 0.717) is 19.8 Å². The van der Waals surface area contributed by atoms with E-state index < -0.39 is 0 Å². The van der Waals surface area contributed by atoms with Crippen molar-refractivity contribution in [1.82, 2.24) is 4.98 Å².